The molecule has 0 saturated carbocycles. The number of piperidine rings is 1. The second-order valence-electron chi connectivity index (χ2n) is 6.35. The molecule has 2 rings (SSSR count). The molecule has 2 aliphatic rings. The predicted molar refractivity (Wildman–Crippen MR) is 82.5 cm³/mol. The number of piperazine rings is 1. The Morgan fingerprint density at radius 1 is 1.32 bits per heavy atom. The average Bonchev–Trinajstić information content (AvgIpc) is 2.40. The van der Waals surface area contributed by atoms with Crippen LogP contribution >= 0.6 is 0 Å². The van der Waals surface area contributed by atoms with Crippen LogP contribution in [0.2, 0.25) is 0 Å². The third kappa shape index (κ3) is 4.30. The maximum atomic E-state index is 4.24. The molecule has 0 radical (unpaired) electrons. The molecule has 2 aliphatic heterocycles. The van der Waals surface area contributed by atoms with Gasteiger partial charge in [0.2, 0.25) is 0 Å². The summed E-state index contributed by atoms with van der Waals surface area (Å²) >= 11 is 0. The molecule has 0 bridgehead atoms. The third-order valence-corrected chi connectivity index (χ3v) is 4.54. The van der Waals surface area contributed by atoms with Gasteiger partial charge in [0, 0.05) is 38.3 Å². The zero-order chi connectivity index (χ0) is 13.7. The maximum Gasteiger partial charge on any atom is 0.0224 e. The molecule has 2 heterocycles. The quantitative estimate of drug-likeness (QED) is 0.586. The molecule has 110 valence electrons. The van der Waals surface area contributed by atoms with Crippen LogP contribution in [0.15, 0.2) is 12.2 Å². The van der Waals surface area contributed by atoms with Gasteiger partial charge in [-0.1, -0.05) is 19.9 Å². The number of hydrogen-bond donors (Lipinski definition) is 1. The standard InChI is InChI=1S/C16H31N3/c1-4-8-17-10-14(2)11-19-13-16-7-5-6-9-18(16)12-15(19)3/h15-17H,2,4-13H2,1,3H3. The molecule has 0 aromatic heterocycles. The van der Waals surface area contributed by atoms with E-state index in [9.17, 15) is 0 Å². The van der Waals surface area contributed by atoms with Crippen molar-refractivity contribution in [2.75, 3.05) is 39.3 Å². The Kier molecular flexibility index (Phi) is 5.86. The van der Waals surface area contributed by atoms with Crippen LogP contribution < -0.4 is 5.32 Å². The largest absolute Gasteiger partial charge is 0.313 e. The smallest absolute Gasteiger partial charge is 0.0224 e. The monoisotopic (exact) mass is 265 g/mol. The van der Waals surface area contributed by atoms with Crippen molar-refractivity contribution < 1.29 is 0 Å². The van der Waals surface area contributed by atoms with Crippen molar-refractivity contribution in [3.8, 4) is 0 Å². The first-order valence-electron chi connectivity index (χ1n) is 8.06. The summed E-state index contributed by atoms with van der Waals surface area (Å²) in [6.45, 7) is 15.8. The van der Waals surface area contributed by atoms with E-state index in [4.69, 9.17) is 0 Å². The molecule has 0 aromatic rings. The van der Waals surface area contributed by atoms with Gasteiger partial charge in [-0.2, -0.15) is 0 Å². The fourth-order valence-electron chi connectivity index (χ4n) is 3.42. The summed E-state index contributed by atoms with van der Waals surface area (Å²) in [5, 5.41) is 3.46. The van der Waals surface area contributed by atoms with E-state index < -0.39 is 0 Å². The van der Waals surface area contributed by atoms with Gasteiger partial charge >= 0.3 is 0 Å². The van der Waals surface area contributed by atoms with E-state index in [-0.39, 0.29) is 0 Å². The summed E-state index contributed by atoms with van der Waals surface area (Å²) in [7, 11) is 0. The second-order valence-corrected chi connectivity index (χ2v) is 6.35. The van der Waals surface area contributed by atoms with E-state index in [2.05, 4.69) is 35.5 Å². The molecule has 2 unspecified atom stereocenters. The SMILES string of the molecule is C=C(CNCCC)CN1CC2CCCCN2CC1C. The van der Waals surface area contributed by atoms with Crippen molar-refractivity contribution in [2.45, 2.75) is 51.6 Å². The lowest BCUT2D eigenvalue weighted by atomic mass is 9.97. The molecule has 0 aliphatic carbocycles. The van der Waals surface area contributed by atoms with Crippen molar-refractivity contribution in [2.24, 2.45) is 0 Å². The lowest BCUT2D eigenvalue weighted by molar-refractivity contribution is 0.0201. The Morgan fingerprint density at radius 3 is 2.95 bits per heavy atom. The molecular weight excluding hydrogens is 234 g/mol. The number of nitrogens with one attached hydrogen (secondary N) is 1. The number of nitrogens with zero attached hydrogens (tertiary/aromatic N) is 2. The minimum absolute atomic E-state index is 0.678. The summed E-state index contributed by atoms with van der Waals surface area (Å²) in [4.78, 5) is 5.35. The van der Waals surface area contributed by atoms with Crippen LogP contribution in [0.5, 0.6) is 0 Å². The molecule has 3 heteroatoms. The highest BCUT2D eigenvalue weighted by Crippen LogP contribution is 2.24. The zero-order valence-corrected chi connectivity index (χ0v) is 12.8. The molecular formula is C16H31N3. The van der Waals surface area contributed by atoms with Crippen LogP contribution in [0.1, 0.15) is 39.5 Å². The van der Waals surface area contributed by atoms with Gasteiger partial charge in [-0.3, -0.25) is 9.80 Å². The molecule has 1 N–H and O–H groups in total. The van der Waals surface area contributed by atoms with E-state index >= 15 is 0 Å². The van der Waals surface area contributed by atoms with E-state index in [0.29, 0.717) is 6.04 Å². The fourth-order valence-corrected chi connectivity index (χ4v) is 3.42. The van der Waals surface area contributed by atoms with Crippen LogP contribution in [0, 0.1) is 0 Å². The molecule has 0 amide bonds. The Bertz CT molecular complexity index is 290. The van der Waals surface area contributed by atoms with Gasteiger partial charge in [-0.15, -0.1) is 0 Å². The van der Waals surface area contributed by atoms with Crippen molar-refractivity contribution in [3.05, 3.63) is 12.2 Å². The predicted octanol–water partition coefficient (Wildman–Crippen LogP) is 2.10. The highest BCUT2D eigenvalue weighted by atomic mass is 15.3. The van der Waals surface area contributed by atoms with E-state index in [0.717, 1.165) is 25.7 Å². The summed E-state index contributed by atoms with van der Waals surface area (Å²) in [6.07, 6.45) is 5.41. The molecule has 2 atom stereocenters. The first-order valence-corrected chi connectivity index (χ1v) is 8.06. The summed E-state index contributed by atoms with van der Waals surface area (Å²) in [5.74, 6) is 0. The van der Waals surface area contributed by atoms with Gasteiger partial charge in [-0.25, -0.2) is 0 Å². The topological polar surface area (TPSA) is 18.5 Å². The van der Waals surface area contributed by atoms with Crippen molar-refractivity contribution >= 4 is 0 Å². The van der Waals surface area contributed by atoms with E-state index in [1.54, 1.807) is 0 Å². The van der Waals surface area contributed by atoms with Crippen molar-refractivity contribution in [1.29, 1.82) is 0 Å². The van der Waals surface area contributed by atoms with Crippen LogP contribution in [0.4, 0.5) is 0 Å². The van der Waals surface area contributed by atoms with Crippen LogP contribution in [-0.4, -0.2) is 61.2 Å². The minimum atomic E-state index is 0.678. The maximum absolute atomic E-state index is 4.24. The van der Waals surface area contributed by atoms with E-state index in [1.807, 2.05) is 0 Å². The van der Waals surface area contributed by atoms with Crippen LogP contribution in [0.3, 0.4) is 0 Å². The van der Waals surface area contributed by atoms with Crippen LogP contribution in [0.25, 0.3) is 0 Å². The van der Waals surface area contributed by atoms with Gasteiger partial charge in [0.1, 0.15) is 0 Å². The second kappa shape index (κ2) is 7.41. The fraction of sp³-hybridized carbons (Fsp3) is 0.875. The summed E-state index contributed by atoms with van der Waals surface area (Å²) < 4.78 is 0. The van der Waals surface area contributed by atoms with Gasteiger partial charge < -0.3 is 5.32 Å². The van der Waals surface area contributed by atoms with Gasteiger partial charge in [0.05, 0.1) is 0 Å². The lowest BCUT2D eigenvalue weighted by Gasteiger charge is -2.47. The highest BCUT2D eigenvalue weighted by Gasteiger charge is 2.32. The zero-order valence-electron chi connectivity index (χ0n) is 12.8. The third-order valence-electron chi connectivity index (χ3n) is 4.54. The summed E-state index contributed by atoms with van der Waals surface area (Å²) in [6, 6.07) is 1.48. The first kappa shape index (κ1) is 15.0. The number of rotatable bonds is 6. The summed E-state index contributed by atoms with van der Waals surface area (Å²) in [5.41, 5.74) is 1.34. The first-order chi connectivity index (χ1) is 9.20. The van der Waals surface area contributed by atoms with Crippen molar-refractivity contribution in [1.82, 2.24) is 15.1 Å². The Hall–Kier alpha value is -0.380. The molecule has 3 nitrogen and oxygen atoms in total. The average molecular weight is 265 g/mol. The number of hydrogen-bond acceptors (Lipinski definition) is 3. The van der Waals surface area contributed by atoms with E-state index in [1.165, 1.54) is 50.9 Å². The number of fused-ring (bicyclic) bond motifs is 1. The Balaban J connectivity index is 1.78. The highest BCUT2D eigenvalue weighted by molar-refractivity contribution is 5.02. The van der Waals surface area contributed by atoms with Crippen LogP contribution in [-0.2, 0) is 0 Å². The lowest BCUT2D eigenvalue weighted by Crippen LogP contribution is -2.59. The molecule has 2 fully saturated rings. The molecule has 19 heavy (non-hydrogen) atoms. The molecule has 0 aromatic carbocycles. The van der Waals surface area contributed by atoms with Crippen molar-refractivity contribution in [3.63, 3.8) is 0 Å². The van der Waals surface area contributed by atoms with Gasteiger partial charge in [0.15, 0.2) is 0 Å². The normalized spacial score (nSPS) is 29.2. The molecule has 2 saturated heterocycles. The Morgan fingerprint density at radius 2 is 2.16 bits per heavy atom. The Labute approximate surface area is 119 Å². The van der Waals surface area contributed by atoms with Gasteiger partial charge in [-0.05, 0) is 44.8 Å². The molecule has 0 spiro atoms. The minimum Gasteiger partial charge on any atom is -0.313 e. The van der Waals surface area contributed by atoms with Gasteiger partial charge in [0.25, 0.3) is 0 Å².